The van der Waals surface area contributed by atoms with Crippen LogP contribution in [0.3, 0.4) is 0 Å². The maximum absolute atomic E-state index is 12.5. The zero-order valence-corrected chi connectivity index (χ0v) is 18.2. The average Bonchev–Trinajstić information content (AvgIpc) is 3.15. The second-order valence-electron chi connectivity index (χ2n) is 7.97. The molecule has 1 atom stereocenters. The number of carbonyl (C=O) groups is 1. The van der Waals surface area contributed by atoms with Crippen molar-refractivity contribution < 1.29 is 9.90 Å². The van der Waals surface area contributed by atoms with Crippen molar-refractivity contribution in [1.82, 2.24) is 25.2 Å². The van der Waals surface area contributed by atoms with E-state index in [1.54, 1.807) is 18.3 Å². The number of carboxylic acid groups (broad SMARTS) is 1. The quantitative estimate of drug-likeness (QED) is 0.159. The van der Waals surface area contributed by atoms with E-state index in [4.69, 9.17) is 11.1 Å². The van der Waals surface area contributed by atoms with E-state index in [1.165, 1.54) is 4.57 Å². The molecule has 3 rings (SSSR count). The highest BCUT2D eigenvalue weighted by Crippen LogP contribution is 2.21. The van der Waals surface area contributed by atoms with Crippen molar-refractivity contribution >= 4 is 23.0 Å². The van der Waals surface area contributed by atoms with Crippen molar-refractivity contribution in [3.05, 3.63) is 58.3 Å². The number of H-pyrrole nitrogens is 1. The largest absolute Gasteiger partial charge is 0.481 e. The van der Waals surface area contributed by atoms with E-state index in [0.29, 0.717) is 36.8 Å². The van der Waals surface area contributed by atoms with Crippen LogP contribution in [0.5, 0.6) is 0 Å². The van der Waals surface area contributed by atoms with Crippen LogP contribution >= 0.6 is 0 Å². The van der Waals surface area contributed by atoms with Crippen LogP contribution in [0.15, 0.2) is 41.3 Å². The molecule has 10 heteroatoms. The topological polar surface area (TPSA) is 162 Å². The van der Waals surface area contributed by atoms with Gasteiger partial charge in [-0.3, -0.25) is 14.8 Å². The molecule has 0 amide bonds. The first-order valence-corrected chi connectivity index (χ1v) is 10.5. The van der Waals surface area contributed by atoms with Gasteiger partial charge in [0.2, 0.25) is 0 Å². The molecule has 0 aliphatic rings. The van der Waals surface area contributed by atoms with Crippen LogP contribution in [0.4, 0.5) is 0 Å². The molecule has 3 aromatic rings. The molecule has 0 unspecified atom stereocenters. The van der Waals surface area contributed by atoms with Crippen LogP contribution in [-0.4, -0.2) is 44.7 Å². The summed E-state index contributed by atoms with van der Waals surface area (Å²) in [7, 11) is 0. The summed E-state index contributed by atoms with van der Waals surface area (Å²) in [5.41, 5.74) is 7.91. The van der Waals surface area contributed by atoms with Gasteiger partial charge in [-0.25, -0.2) is 4.79 Å². The van der Waals surface area contributed by atoms with Gasteiger partial charge in [0, 0.05) is 29.9 Å². The zero-order valence-electron chi connectivity index (χ0n) is 18.2. The fourth-order valence-electron chi connectivity index (χ4n) is 3.45. The molecule has 0 saturated heterocycles. The third-order valence-corrected chi connectivity index (χ3v) is 5.16. The summed E-state index contributed by atoms with van der Waals surface area (Å²) in [6.45, 7) is 5.22. The number of fused-ring (bicyclic) bond motifs is 1. The summed E-state index contributed by atoms with van der Waals surface area (Å²) in [5.74, 6) is -0.706. The number of aliphatic carboxylic acids is 1. The lowest BCUT2D eigenvalue weighted by atomic mass is 10.0. The minimum Gasteiger partial charge on any atom is -0.481 e. The number of hydrogen-bond acceptors (Lipinski definition) is 5. The van der Waals surface area contributed by atoms with Gasteiger partial charge in [-0.2, -0.15) is 4.98 Å². The van der Waals surface area contributed by atoms with Crippen molar-refractivity contribution in [2.75, 3.05) is 13.1 Å². The first-order chi connectivity index (χ1) is 15.2. The van der Waals surface area contributed by atoms with E-state index in [2.05, 4.69) is 34.4 Å². The highest BCUT2D eigenvalue weighted by molar-refractivity contribution is 5.76. The second kappa shape index (κ2) is 10.1. The molecule has 2 heterocycles. The van der Waals surface area contributed by atoms with Crippen molar-refractivity contribution in [3.63, 3.8) is 0 Å². The van der Waals surface area contributed by atoms with Gasteiger partial charge < -0.3 is 26.5 Å². The van der Waals surface area contributed by atoms with E-state index in [0.717, 1.165) is 16.6 Å². The SMILES string of the molecule is CC(C)c1cc2cn(-c3ccc([C@H](CC(=O)O)NCCCNC(=N)N)cc3)c(=O)nc2[nH]1. The Morgan fingerprint density at radius 1 is 1.28 bits per heavy atom. The van der Waals surface area contributed by atoms with Crippen molar-refractivity contribution in [2.45, 2.75) is 38.6 Å². The van der Waals surface area contributed by atoms with Gasteiger partial charge in [0.1, 0.15) is 5.65 Å². The minimum atomic E-state index is -0.910. The van der Waals surface area contributed by atoms with Gasteiger partial charge in [0.15, 0.2) is 5.96 Å². The molecule has 2 aromatic heterocycles. The van der Waals surface area contributed by atoms with Crippen LogP contribution in [0.1, 0.15) is 49.9 Å². The summed E-state index contributed by atoms with van der Waals surface area (Å²) in [5, 5.41) is 23.2. The number of aromatic amines is 1. The molecule has 0 fully saturated rings. The standard InChI is InChI=1S/C22H29N7O3/c1-13(2)17-10-15-12-29(22(32)28-20(15)27-17)16-6-4-14(5-7-16)18(11-19(30)31)25-8-3-9-26-21(23)24/h4-7,10,12-13,18,25H,3,8-9,11H2,1-2H3,(H,30,31)(H4,23,24,26)(H,27,28,32)/t18-/m0/s1. The van der Waals surface area contributed by atoms with E-state index < -0.39 is 5.97 Å². The number of nitrogens with two attached hydrogens (primary N) is 1. The van der Waals surface area contributed by atoms with Gasteiger partial charge in [0.05, 0.1) is 12.1 Å². The second-order valence-corrected chi connectivity index (χ2v) is 7.97. The molecule has 1 aromatic carbocycles. The third kappa shape index (κ3) is 5.73. The number of benzene rings is 1. The summed E-state index contributed by atoms with van der Waals surface area (Å²) >= 11 is 0. The van der Waals surface area contributed by atoms with Crippen molar-refractivity contribution in [3.8, 4) is 5.69 Å². The highest BCUT2D eigenvalue weighted by Gasteiger charge is 2.16. The van der Waals surface area contributed by atoms with Crippen molar-refractivity contribution in [2.24, 2.45) is 5.73 Å². The molecule has 32 heavy (non-hydrogen) atoms. The lowest BCUT2D eigenvalue weighted by Crippen LogP contribution is -2.33. The Bertz CT molecular complexity index is 1150. The number of rotatable bonds is 10. The predicted molar refractivity (Wildman–Crippen MR) is 123 cm³/mol. The third-order valence-electron chi connectivity index (χ3n) is 5.16. The van der Waals surface area contributed by atoms with Crippen LogP contribution < -0.4 is 22.1 Å². The van der Waals surface area contributed by atoms with Crippen LogP contribution in [-0.2, 0) is 4.79 Å². The Balaban J connectivity index is 1.78. The molecular weight excluding hydrogens is 410 g/mol. The molecule has 0 saturated carbocycles. The first-order valence-electron chi connectivity index (χ1n) is 10.5. The van der Waals surface area contributed by atoms with Crippen LogP contribution in [0.25, 0.3) is 16.7 Å². The Kier molecular flexibility index (Phi) is 7.26. The van der Waals surface area contributed by atoms with Crippen LogP contribution in [0.2, 0.25) is 0 Å². The normalized spacial score (nSPS) is 12.2. The highest BCUT2D eigenvalue weighted by atomic mass is 16.4. The lowest BCUT2D eigenvalue weighted by Gasteiger charge is -2.18. The van der Waals surface area contributed by atoms with E-state index in [9.17, 15) is 14.7 Å². The Hall–Kier alpha value is -3.66. The predicted octanol–water partition coefficient (Wildman–Crippen LogP) is 1.82. The fourth-order valence-corrected chi connectivity index (χ4v) is 3.45. The number of hydrogen-bond donors (Lipinski definition) is 6. The first kappa shape index (κ1) is 23.0. The van der Waals surface area contributed by atoms with E-state index in [-0.39, 0.29) is 24.1 Å². The number of aromatic nitrogens is 3. The van der Waals surface area contributed by atoms with Crippen LogP contribution in [0, 0.1) is 5.41 Å². The van der Waals surface area contributed by atoms with Gasteiger partial charge in [-0.1, -0.05) is 26.0 Å². The summed E-state index contributed by atoms with van der Waals surface area (Å²) < 4.78 is 1.48. The molecular formula is C22H29N7O3. The monoisotopic (exact) mass is 439 g/mol. The fraction of sp³-hybridized carbons (Fsp3) is 0.364. The number of nitrogens with zero attached hydrogens (tertiary/aromatic N) is 2. The molecule has 0 spiro atoms. The molecule has 0 radical (unpaired) electrons. The van der Waals surface area contributed by atoms with E-state index >= 15 is 0 Å². The number of carboxylic acids is 1. The summed E-state index contributed by atoms with van der Waals surface area (Å²) in [6.07, 6.45) is 2.37. The molecule has 10 nitrogen and oxygen atoms in total. The zero-order chi connectivity index (χ0) is 23.3. The number of nitrogens with one attached hydrogen (secondary N) is 4. The molecule has 0 bridgehead atoms. The molecule has 0 aliphatic carbocycles. The Morgan fingerprint density at radius 3 is 2.62 bits per heavy atom. The summed E-state index contributed by atoms with van der Waals surface area (Å²) in [6, 6.07) is 8.82. The smallest absolute Gasteiger partial charge is 0.354 e. The number of guanidine groups is 1. The maximum Gasteiger partial charge on any atom is 0.354 e. The lowest BCUT2D eigenvalue weighted by molar-refractivity contribution is -0.137. The van der Waals surface area contributed by atoms with Gasteiger partial charge in [-0.15, -0.1) is 0 Å². The molecule has 7 N–H and O–H groups in total. The van der Waals surface area contributed by atoms with Crippen molar-refractivity contribution in [1.29, 1.82) is 5.41 Å². The minimum absolute atomic E-state index is 0.0751. The molecule has 0 aliphatic heterocycles. The average molecular weight is 440 g/mol. The maximum atomic E-state index is 12.5. The van der Waals surface area contributed by atoms with Gasteiger partial charge >= 0.3 is 11.7 Å². The molecule has 170 valence electrons. The van der Waals surface area contributed by atoms with Gasteiger partial charge in [0.25, 0.3) is 0 Å². The van der Waals surface area contributed by atoms with Gasteiger partial charge in [-0.05, 0) is 42.6 Å². The Morgan fingerprint density at radius 2 is 2.00 bits per heavy atom. The summed E-state index contributed by atoms with van der Waals surface area (Å²) in [4.78, 5) is 31.2. The van der Waals surface area contributed by atoms with E-state index in [1.807, 2.05) is 18.2 Å². The Labute approximate surface area is 185 Å².